The van der Waals surface area contributed by atoms with Crippen molar-refractivity contribution in [1.29, 1.82) is 0 Å². The van der Waals surface area contributed by atoms with E-state index in [9.17, 15) is 4.79 Å². The summed E-state index contributed by atoms with van der Waals surface area (Å²) in [4.78, 5) is 16.9. The number of aromatic nitrogens is 1. The second kappa shape index (κ2) is 5.33. The van der Waals surface area contributed by atoms with Crippen LogP contribution in [0.5, 0.6) is 0 Å². The van der Waals surface area contributed by atoms with Crippen LogP contribution in [0.2, 0.25) is 0 Å². The van der Waals surface area contributed by atoms with Crippen molar-refractivity contribution >= 4 is 40.2 Å². The Kier molecular flexibility index (Phi) is 3.57. The molecule has 0 bridgehead atoms. The zero-order chi connectivity index (χ0) is 12.4. The number of fused-ring (bicyclic) bond motifs is 1. The molecule has 1 atom stereocenters. The molecule has 4 heteroatoms. The third-order valence-electron chi connectivity index (χ3n) is 3.02. The topological polar surface area (TPSA) is 30.0 Å². The minimum absolute atomic E-state index is 0.106. The van der Waals surface area contributed by atoms with Gasteiger partial charge in [0.2, 0.25) is 0 Å². The molecule has 2 nitrogen and oxygen atoms in total. The predicted octanol–water partition coefficient (Wildman–Crippen LogP) is 3.27. The molecule has 0 N–H and O–H groups in total. The van der Waals surface area contributed by atoms with Crippen LogP contribution < -0.4 is 0 Å². The lowest BCUT2D eigenvalue weighted by Gasteiger charge is -2.20. The Morgan fingerprint density at radius 1 is 1.22 bits per heavy atom. The molecule has 1 saturated heterocycles. The number of carbonyl (C=O) groups excluding carboxylic acids is 1. The summed E-state index contributed by atoms with van der Waals surface area (Å²) < 4.78 is 0. The summed E-state index contributed by atoms with van der Waals surface area (Å²) in [5.74, 6) is 3.42. The fourth-order valence-corrected chi connectivity index (χ4v) is 4.76. The van der Waals surface area contributed by atoms with E-state index in [1.54, 1.807) is 18.0 Å². The van der Waals surface area contributed by atoms with E-state index in [0.717, 1.165) is 33.7 Å². The molecule has 0 saturated carbocycles. The van der Waals surface area contributed by atoms with Gasteiger partial charge in [0.15, 0.2) is 5.78 Å². The summed E-state index contributed by atoms with van der Waals surface area (Å²) in [5, 5.41) is 1.08. The molecule has 18 heavy (non-hydrogen) atoms. The number of pyridine rings is 1. The van der Waals surface area contributed by atoms with Crippen molar-refractivity contribution in [3.8, 4) is 0 Å². The van der Waals surface area contributed by atoms with Crippen LogP contribution in [0.1, 0.15) is 10.4 Å². The largest absolute Gasteiger partial charge is 0.293 e. The van der Waals surface area contributed by atoms with Gasteiger partial charge in [0.25, 0.3) is 0 Å². The first-order valence-corrected chi connectivity index (χ1v) is 8.14. The van der Waals surface area contributed by atoms with E-state index in [1.165, 1.54) is 0 Å². The van der Waals surface area contributed by atoms with Gasteiger partial charge in [0.05, 0.1) is 10.8 Å². The van der Waals surface area contributed by atoms with Crippen molar-refractivity contribution in [2.75, 3.05) is 17.3 Å². The van der Waals surface area contributed by atoms with Gasteiger partial charge in [-0.05, 0) is 12.1 Å². The van der Waals surface area contributed by atoms with Crippen LogP contribution >= 0.6 is 23.5 Å². The van der Waals surface area contributed by atoms with E-state index in [2.05, 4.69) is 4.98 Å². The Hall–Kier alpha value is -1.000. The molecule has 1 unspecified atom stereocenters. The SMILES string of the molecule is O=C(c1cccc2ncccc12)C1CSCCS1. The van der Waals surface area contributed by atoms with Crippen LogP contribution in [0.15, 0.2) is 36.5 Å². The van der Waals surface area contributed by atoms with Crippen molar-refractivity contribution in [2.45, 2.75) is 5.25 Å². The molecule has 92 valence electrons. The first-order valence-electron chi connectivity index (χ1n) is 5.93. The van der Waals surface area contributed by atoms with Crippen LogP contribution in [0.25, 0.3) is 10.9 Å². The lowest BCUT2D eigenvalue weighted by Crippen LogP contribution is -2.24. The smallest absolute Gasteiger partial charge is 0.177 e. The number of nitrogens with zero attached hydrogens (tertiary/aromatic N) is 1. The van der Waals surface area contributed by atoms with Gasteiger partial charge in [-0.1, -0.05) is 18.2 Å². The Morgan fingerprint density at radius 2 is 2.17 bits per heavy atom. The fourth-order valence-electron chi connectivity index (χ4n) is 2.13. The van der Waals surface area contributed by atoms with E-state index in [-0.39, 0.29) is 11.0 Å². The summed E-state index contributed by atoms with van der Waals surface area (Å²) in [5.41, 5.74) is 1.72. The van der Waals surface area contributed by atoms with Gasteiger partial charge in [-0.2, -0.15) is 11.8 Å². The highest BCUT2D eigenvalue weighted by atomic mass is 32.2. The van der Waals surface area contributed by atoms with Crippen molar-refractivity contribution in [3.05, 3.63) is 42.1 Å². The van der Waals surface area contributed by atoms with Crippen LogP contribution in [-0.4, -0.2) is 33.3 Å². The van der Waals surface area contributed by atoms with Crippen molar-refractivity contribution < 1.29 is 4.79 Å². The lowest BCUT2D eigenvalue weighted by molar-refractivity contribution is 0.0996. The lowest BCUT2D eigenvalue weighted by atomic mass is 10.0. The second-order valence-electron chi connectivity index (χ2n) is 4.17. The highest BCUT2D eigenvalue weighted by Gasteiger charge is 2.24. The molecule has 1 aliphatic heterocycles. The Labute approximate surface area is 115 Å². The van der Waals surface area contributed by atoms with Crippen molar-refractivity contribution in [3.63, 3.8) is 0 Å². The van der Waals surface area contributed by atoms with Crippen molar-refractivity contribution in [2.24, 2.45) is 0 Å². The number of thioether (sulfide) groups is 2. The Balaban J connectivity index is 2.00. The molecular weight excluding hydrogens is 262 g/mol. The van der Waals surface area contributed by atoms with Gasteiger partial charge >= 0.3 is 0 Å². The van der Waals surface area contributed by atoms with E-state index in [4.69, 9.17) is 0 Å². The van der Waals surface area contributed by atoms with Crippen molar-refractivity contribution in [1.82, 2.24) is 4.98 Å². The normalized spacial score (nSPS) is 19.9. The molecule has 1 aliphatic rings. The van der Waals surface area contributed by atoms with Crippen LogP contribution in [0, 0.1) is 0 Å². The van der Waals surface area contributed by atoms with E-state index < -0.39 is 0 Å². The van der Waals surface area contributed by atoms with E-state index >= 15 is 0 Å². The summed E-state index contributed by atoms with van der Waals surface area (Å²) in [7, 11) is 0. The maximum atomic E-state index is 12.6. The summed E-state index contributed by atoms with van der Waals surface area (Å²) in [6.45, 7) is 0. The Morgan fingerprint density at radius 3 is 3.00 bits per heavy atom. The van der Waals surface area contributed by atoms with E-state index in [0.29, 0.717) is 0 Å². The monoisotopic (exact) mass is 275 g/mol. The standard InChI is InChI=1S/C14H13NOS2/c16-14(13-9-17-7-8-18-13)11-3-1-5-12-10(11)4-2-6-15-12/h1-6,13H,7-9H2. The Bertz CT molecular complexity index is 574. The predicted molar refractivity (Wildman–Crippen MR) is 79.6 cm³/mol. The molecule has 3 rings (SSSR count). The minimum atomic E-state index is 0.106. The van der Waals surface area contributed by atoms with E-state index in [1.807, 2.05) is 42.1 Å². The zero-order valence-electron chi connectivity index (χ0n) is 9.83. The maximum Gasteiger partial charge on any atom is 0.177 e. The van der Waals surface area contributed by atoms with Gasteiger partial charge in [-0.25, -0.2) is 0 Å². The number of benzene rings is 1. The average Bonchev–Trinajstić information content (AvgIpc) is 2.47. The van der Waals surface area contributed by atoms with Crippen LogP contribution in [0.3, 0.4) is 0 Å². The highest BCUT2D eigenvalue weighted by Crippen LogP contribution is 2.28. The molecule has 0 spiro atoms. The van der Waals surface area contributed by atoms with Crippen LogP contribution in [-0.2, 0) is 0 Å². The zero-order valence-corrected chi connectivity index (χ0v) is 11.5. The van der Waals surface area contributed by atoms with Gasteiger partial charge < -0.3 is 0 Å². The van der Waals surface area contributed by atoms with Gasteiger partial charge in [-0.15, -0.1) is 11.8 Å². The second-order valence-corrected chi connectivity index (χ2v) is 6.63. The molecule has 0 aliphatic carbocycles. The van der Waals surface area contributed by atoms with Gasteiger partial charge in [0, 0.05) is 34.4 Å². The van der Waals surface area contributed by atoms with Gasteiger partial charge in [0.1, 0.15) is 0 Å². The number of hydrogen-bond donors (Lipinski definition) is 0. The highest BCUT2D eigenvalue weighted by molar-refractivity contribution is 8.07. The summed E-state index contributed by atoms with van der Waals surface area (Å²) in [6, 6.07) is 9.67. The minimum Gasteiger partial charge on any atom is -0.293 e. The maximum absolute atomic E-state index is 12.6. The molecule has 1 aromatic heterocycles. The molecule has 1 fully saturated rings. The average molecular weight is 275 g/mol. The molecule has 1 aromatic carbocycles. The number of Topliss-reactive ketones (excluding diaryl/α,β-unsaturated/α-hetero) is 1. The van der Waals surface area contributed by atoms with Gasteiger partial charge in [-0.3, -0.25) is 9.78 Å². The number of carbonyl (C=O) groups is 1. The first-order chi connectivity index (χ1) is 8.86. The third-order valence-corrected chi connectivity index (χ3v) is 5.77. The molecular formula is C14H13NOS2. The number of ketones is 1. The number of rotatable bonds is 2. The van der Waals surface area contributed by atoms with Crippen LogP contribution in [0.4, 0.5) is 0 Å². The molecule has 2 aromatic rings. The molecule has 0 amide bonds. The molecule has 0 radical (unpaired) electrons. The fraction of sp³-hybridized carbons (Fsp3) is 0.286. The summed E-state index contributed by atoms with van der Waals surface area (Å²) in [6.07, 6.45) is 1.77. The third kappa shape index (κ3) is 2.27. The molecule has 2 heterocycles. The number of hydrogen-bond acceptors (Lipinski definition) is 4. The quantitative estimate of drug-likeness (QED) is 0.787. The summed E-state index contributed by atoms with van der Waals surface area (Å²) >= 11 is 3.66. The first kappa shape index (κ1) is 12.1.